The van der Waals surface area contributed by atoms with Crippen LogP contribution in [0.1, 0.15) is 116 Å². The molecule has 1 fully saturated rings. The second kappa shape index (κ2) is 22.5. The van der Waals surface area contributed by atoms with Crippen molar-refractivity contribution in [3.8, 4) is 0 Å². The van der Waals surface area contributed by atoms with Gasteiger partial charge in [0.15, 0.2) is 0 Å². The SMILES string of the molecule is C=C.C=C/C=C/CC(C(/C=C(\C)c1c(/C=C\C)ccc2ccccc12)=C(\C)C=C)C1CCCCCCC1.CCCCC. The number of hydrogen-bond acceptors (Lipinski definition) is 0. The van der Waals surface area contributed by atoms with Gasteiger partial charge >= 0.3 is 0 Å². The predicted molar refractivity (Wildman–Crippen MR) is 195 cm³/mol. The highest BCUT2D eigenvalue weighted by molar-refractivity contribution is 5.97. The average molecular weight is 565 g/mol. The van der Waals surface area contributed by atoms with Crippen LogP contribution in [0.4, 0.5) is 0 Å². The lowest BCUT2D eigenvalue weighted by atomic mass is 9.74. The lowest BCUT2D eigenvalue weighted by Gasteiger charge is -2.31. The first-order valence-electron chi connectivity index (χ1n) is 16.5. The zero-order chi connectivity index (χ0) is 31.2. The third kappa shape index (κ3) is 12.0. The van der Waals surface area contributed by atoms with Crippen LogP contribution in [0.3, 0.4) is 0 Å². The quantitative estimate of drug-likeness (QED) is 0.188. The maximum absolute atomic E-state index is 4.18. The van der Waals surface area contributed by atoms with Crippen molar-refractivity contribution in [2.24, 2.45) is 11.8 Å². The van der Waals surface area contributed by atoms with E-state index in [1.807, 2.05) is 6.08 Å². The number of hydrogen-bond donors (Lipinski definition) is 0. The normalized spacial score (nSPS) is 16.0. The van der Waals surface area contributed by atoms with E-state index in [9.17, 15) is 0 Å². The van der Waals surface area contributed by atoms with Gasteiger partial charge in [0.2, 0.25) is 0 Å². The fourth-order valence-electron chi connectivity index (χ4n) is 6.12. The number of unbranched alkanes of at least 4 members (excludes halogenated alkanes) is 2. The molecule has 3 rings (SSSR count). The van der Waals surface area contributed by atoms with Gasteiger partial charge in [0.05, 0.1) is 0 Å². The van der Waals surface area contributed by atoms with Gasteiger partial charge in [-0.1, -0.05) is 157 Å². The Hall–Kier alpha value is -3.12. The first-order chi connectivity index (χ1) is 20.5. The molecule has 0 radical (unpaired) electrons. The molecule has 1 saturated carbocycles. The summed E-state index contributed by atoms with van der Waals surface area (Å²) in [6.45, 7) is 25.1. The van der Waals surface area contributed by atoms with Gasteiger partial charge in [-0.25, -0.2) is 0 Å². The average Bonchev–Trinajstić information content (AvgIpc) is 3.00. The molecular weight excluding hydrogens is 504 g/mol. The van der Waals surface area contributed by atoms with E-state index in [4.69, 9.17) is 0 Å². The minimum Gasteiger partial charge on any atom is -0.106 e. The first kappa shape index (κ1) is 36.9. The van der Waals surface area contributed by atoms with Gasteiger partial charge in [0.1, 0.15) is 0 Å². The van der Waals surface area contributed by atoms with E-state index in [1.54, 1.807) is 0 Å². The minimum absolute atomic E-state index is 0.498. The van der Waals surface area contributed by atoms with Gasteiger partial charge in [0, 0.05) is 0 Å². The molecule has 1 aliphatic carbocycles. The molecule has 0 saturated heterocycles. The van der Waals surface area contributed by atoms with Gasteiger partial charge < -0.3 is 0 Å². The Balaban J connectivity index is 0.00000114. The Morgan fingerprint density at radius 3 is 2.12 bits per heavy atom. The van der Waals surface area contributed by atoms with Gasteiger partial charge in [-0.3, -0.25) is 0 Å². The molecule has 1 aliphatic rings. The highest BCUT2D eigenvalue weighted by Crippen LogP contribution is 2.39. The fraction of sp³-hybridized carbons (Fsp3) is 0.429. The molecule has 1 unspecified atom stereocenters. The number of fused-ring (bicyclic) bond motifs is 1. The van der Waals surface area contributed by atoms with Crippen molar-refractivity contribution in [2.45, 2.75) is 105 Å². The molecule has 0 aromatic heterocycles. The van der Waals surface area contributed by atoms with Crippen LogP contribution in [0.25, 0.3) is 22.4 Å². The van der Waals surface area contributed by atoms with Crippen molar-refractivity contribution in [3.63, 3.8) is 0 Å². The van der Waals surface area contributed by atoms with Crippen LogP contribution in [0.15, 0.2) is 110 Å². The minimum atomic E-state index is 0.498. The lowest BCUT2D eigenvalue weighted by Crippen LogP contribution is -2.19. The van der Waals surface area contributed by atoms with Crippen LogP contribution in [-0.4, -0.2) is 0 Å². The highest BCUT2D eigenvalue weighted by atomic mass is 14.3. The number of rotatable bonds is 11. The smallest absolute Gasteiger partial charge is 0.00761 e. The van der Waals surface area contributed by atoms with Crippen LogP contribution in [-0.2, 0) is 0 Å². The van der Waals surface area contributed by atoms with Gasteiger partial charge in [0.25, 0.3) is 0 Å². The van der Waals surface area contributed by atoms with E-state index in [-0.39, 0.29) is 0 Å². The molecule has 42 heavy (non-hydrogen) atoms. The monoisotopic (exact) mass is 564 g/mol. The Morgan fingerprint density at radius 1 is 0.905 bits per heavy atom. The summed E-state index contributed by atoms with van der Waals surface area (Å²) in [5.74, 6) is 1.21. The van der Waals surface area contributed by atoms with Gasteiger partial charge in [-0.05, 0) is 90.5 Å². The molecule has 2 aromatic carbocycles. The van der Waals surface area contributed by atoms with Crippen LogP contribution in [0.5, 0.6) is 0 Å². The maximum atomic E-state index is 4.18. The van der Waals surface area contributed by atoms with Crippen LogP contribution in [0, 0.1) is 11.8 Å². The Kier molecular flexibility index (Phi) is 19.7. The molecule has 0 amide bonds. The Morgan fingerprint density at radius 2 is 1.55 bits per heavy atom. The molecule has 228 valence electrons. The van der Waals surface area contributed by atoms with Crippen molar-refractivity contribution in [1.82, 2.24) is 0 Å². The van der Waals surface area contributed by atoms with Crippen LogP contribution in [0.2, 0.25) is 0 Å². The standard InChI is InChI=1S/C35H44.C5H12.C2H4/c1-6-9-13-22-32(29-19-14-11-10-12-15-20-29)34(27(4)8-3)26-28(5)35-31(18-7-2)25-24-30-21-16-17-23-33(30)35;1-3-5-4-2;1-2/h6-9,13,16-18,21,23-26,29,32H,1,3,10-12,14-15,19-20,22H2,2,4-5H3;3-5H2,1-2H3;1-2H2/b13-9+,18-7-,28-26+,34-27+;;. The topological polar surface area (TPSA) is 0 Å². The number of benzene rings is 2. The molecule has 2 aromatic rings. The van der Waals surface area contributed by atoms with E-state index < -0.39 is 0 Å². The first-order valence-corrected chi connectivity index (χ1v) is 16.5. The molecule has 0 aliphatic heterocycles. The summed E-state index contributed by atoms with van der Waals surface area (Å²) in [6.07, 6.45) is 29.9. The van der Waals surface area contributed by atoms with E-state index in [0.717, 1.165) is 6.42 Å². The Bertz CT molecular complexity index is 1170. The zero-order valence-corrected chi connectivity index (χ0v) is 27.8. The van der Waals surface area contributed by atoms with Crippen LogP contribution < -0.4 is 0 Å². The summed E-state index contributed by atoms with van der Waals surface area (Å²) in [6, 6.07) is 13.3. The zero-order valence-electron chi connectivity index (χ0n) is 27.8. The Labute approximate surface area is 260 Å². The van der Waals surface area contributed by atoms with Crippen molar-refractivity contribution in [1.29, 1.82) is 0 Å². The van der Waals surface area contributed by atoms with Crippen molar-refractivity contribution >= 4 is 22.4 Å². The van der Waals surface area contributed by atoms with Gasteiger partial charge in [-0.15, -0.1) is 13.2 Å². The van der Waals surface area contributed by atoms with E-state index in [0.29, 0.717) is 11.8 Å². The predicted octanol–water partition coefficient (Wildman–Crippen LogP) is 13.9. The van der Waals surface area contributed by atoms with Crippen molar-refractivity contribution in [2.75, 3.05) is 0 Å². The molecule has 0 heterocycles. The molecule has 1 atom stereocenters. The lowest BCUT2D eigenvalue weighted by molar-refractivity contribution is 0.298. The maximum Gasteiger partial charge on any atom is -0.00761 e. The summed E-state index contributed by atoms with van der Waals surface area (Å²) >= 11 is 0. The largest absolute Gasteiger partial charge is 0.106 e. The van der Waals surface area contributed by atoms with Gasteiger partial charge in [-0.2, -0.15) is 0 Å². The third-order valence-corrected chi connectivity index (χ3v) is 8.32. The van der Waals surface area contributed by atoms with E-state index in [2.05, 4.69) is 134 Å². The second-order valence-corrected chi connectivity index (χ2v) is 11.4. The summed E-state index contributed by atoms with van der Waals surface area (Å²) in [7, 11) is 0. The summed E-state index contributed by atoms with van der Waals surface area (Å²) in [4.78, 5) is 0. The number of allylic oxidation sites excluding steroid dienone is 9. The second-order valence-electron chi connectivity index (χ2n) is 11.4. The molecule has 0 spiro atoms. The highest BCUT2D eigenvalue weighted by Gasteiger charge is 2.25. The van der Waals surface area contributed by atoms with Crippen molar-refractivity contribution in [3.05, 3.63) is 121 Å². The molecule has 0 heteroatoms. The fourth-order valence-corrected chi connectivity index (χ4v) is 6.12. The summed E-state index contributed by atoms with van der Waals surface area (Å²) in [5, 5.41) is 2.61. The van der Waals surface area contributed by atoms with Crippen LogP contribution >= 0.6 is 0 Å². The summed E-state index contributed by atoms with van der Waals surface area (Å²) < 4.78 is 0. The molecule has 0 nitrogen and oxygen atoms in total. The third-order valence-electron chi connectivity index (χ3n) is 8.32. The molecule has 0 bridgehead atoms. The molecule has 0 N–H and O–H groups in total. The summed E-state index contributed by atoms with van der Waals surface area (Å²) in [5.41, 5.74) is 6.71. The molecular formula is C42H60. The van der Waals surface area contributed by atoms with E-state index in [1.165, 1.54) is 103 Å². The van der Waals surface area contributed by atoms with Crippen molar-refractivity contribution < 1.29 is 0 Å². The van der Waals surface area contributed by atoms with E-state index >= 15 is 0 Å².